The molecule has 2 amide bonds. The van der Waals surface area contributed by atoms with Crippen LogP contribution in [0.5, 0.6) is 0 Å². The minimum atomic E-state index is -4.54. The number of carbonyl (C=O) groups excluding carboxylic acids is 1. The highest BCUT2D eigenvalue weighted by Gasteiger charge is 2.56. The average Bonchev–Trinajstić information content (AvgIpc) is 2.48. The summed E-state index contributed by atoms with van der Waals surface area (Å²) in [5.74, 6) is 0.194. The van der Waals surface area contributed by atoms with Gasteiger partial charge in [0.05, 0.1) is 0 Å². The second-order valence-electron chi connectivity index (χ2n) is 4.85. The fourth-order valence-electron chi connectivity index (χ4n) is 2.14. The fourth-order valence-corrected chi connectivity index (χ4v) is 2.50. The summed E-state index contributed by atoms with van der Waals surface area (Å²) in [6, 6.07) is 2.33. The Bertz CT molecular complexity index is 516. The zero-order valence-electron chi connectivity index (χ0n) is 11.9. The molecular formula is C13H16F3N3O2S. The predicted octanol–water partition coefficient (Wildman–Crippen LogP) is 3.04. The van der Waals surface area contributed by atoms with Crippen molar-refractivity contribution in [2.45, 2.75) is 29.5 Å². The zero-order valence-corrected chi connectivity index (χ0v) is 12.7. The number of aromatic nitrogens is 1. The maximum atomic E-state index is 13.3. The number of urea groups is 1. The van der Waals surface area contributed by atoms with Gasteiger partial charge in [-0.25, -0.2) is 9.78 Å². The summed E-state index contributed by atoms with van der Waals surface area (Å²) in [6.45, 7) is -0.0824. The lowest BCUT2D eigenvalue weighted by Gasteiger charge is -2.39. The average molecular weight is 335 g/mol. The Morgan fingerprint density at radius 1 is 1.36 bits per heavy atom. The second kappa shape index (κ2) is 6.74. The molecule has 0 bridgehead atoms. The molecule has 0 unspecified atom stereocenters. The molecule has 2 heterocycles. The van der Waals surface area contributed by atoms with Gasteiger partial charge in [0.2, 0.25) is 0 Å². The number of nitrogens with zero attached hydrogens (tertiary/aromatic N) is 1. The van der Waals surface area contributed by atoms with Crippen LogP contribution in [0.1, 0.15) is 12.8 Å². The highest BCUT2D eigenvalue weighted by Crippen LogP contribution is 2.38. The van der Waals surface area contributed by atoms with E-state index in [0.717, 1.165) is 4.90 Å². The molecule has 2 rings (SSSR count). The van der Waals surface area contributed by atoms with Gasteiger partial charge >= 0.3 is 12.2 Å². The molecule has 22 heavy (non-hydrogen) atoms. The van der Waals surface area contributed by atoms with Crippen LogP contribution in [0, 0.1) is 0 Å². The Balaban J connectivity index is 2.04. The molecule has 0 spiro atoms. The van der Waals surface area contributed by atoms with Crippen LogP contribution in [0.15, 0.2) is 23.2 Å². The molecule has 1 aliphatic rings. The molecule has 0 aromatic carbocycles. The van der Waals surface area contributed by atoms with Crippen molar-refractivity contribution in [1.29, 1.82) is 0 Å². The molecule has 1 saturated heterocycles. The quantitative estimate of drug-likeness (QED) is 0.834. The maximum Gasteiger partial charge on any atom is 0.411 e. The van der Waals surface area contributed by atoms with Crippen molar-refractivity contribution in [2.75, 3.05) is 24.8 Å². The minimum absolute atomic E-state index is 0.0412. The van der Waals surface area contributed by atoms with Gasteiger partial charge in [0.1, 0.15) is 11.4 Å². The van der Waals surface area contributed by atoms with Crippen LogP contribution >= 0.6 is 11.8 Å². The lowest BCUT2D eigenvalue weighted by atomic mass is 9.89. The van der Waals surface area contributed by atoms with Gasteiger partial charge in [0.15, 0.2) is 0 Å². The number of anilines is 1. The zero-order chi connectivity index (χ0) is 16.2. The van der Waals surface area contributed by atoms with Crippen molar-refractivity contribution < 1.29 is 22.7 Å². The standard InChI is InChI=1S/C13H16F3N3O2S/c1-22-9-2-3-10(17-8-9)18-11(20)19-12(13(14,15)16)4-6-21-7-5-12/h2-3,8H,4-7H2,1H3,(H2,17,18,19,20). The smallest absolute Gasteiger partial charge is 0.381 e. The molecule has 1 fully saturated rings. The van der Waals surface area contributed by atoms with Gasteiger partial charge in [-0.15, -0.1) is 11.8 Å². The van der Waals surface area contributed by atoms with Crippen molar-refractivity contribution in [3.63, 3.8) is 0 Å². The molecule has 0 saturated carbocycles. The minimum Gasteiger partial charge on any atom is -0.381 e. The van der Waals surface area contributed by atoms with Crippen LogP contribution in [0.3, 0.4) is 0 Å². The molecule has 2 N–H and O–H groups in total. The van der Waals surface area contributed by atoms with E-state index in [1.807, 2.05) is 11.6 Å². The summed E-state index contributed by atoms with van der Waals surface area (Å²) in [5.41, 5.74) is -2.26. The molecule has 1 aromatic heterocycles. The van der Waals surface area contributed by atoms with Crippen LogP contribution in [0.25, 0.3) is 0 Å². The Morgan fingerprint density at radius 2 is 2.05 bits per heavy atom. The lowest BCUT2D eigenvalue weighted by molar-refractivity contribution is -0.212. The van der Waals surface area contributed by atoms with Gasteiger partial charge in [-0.2, -0.15) is 13.2 Å². The van der Waals surface area contributed by atoms with Crippen LogP contribution in [-0.4, -0.2) is 42.2 Å². The van der Waals surface area contributed by atoms with E-state index in [4.69, 9.17) is 4.74 Å². The third kappa shape index (κ3) is 3.83. The van der Waals surface area contributed by atoms with Crippen LogP contribution < -0.4 is 10.6 Å². The molecule has 5 nitrogen and oxygen atoms in total. The number of hydrogen-bond donors (Lipinski definition) is 2. The molecule has 0 atom stereocenters. The maximum absolute atomic E-state index is 13.3. The number of ether oxygens (including phenoxy) is 1. The van der Waals surface area contributed by atoms with Gasteiger partial charge in [0, 0.05) is 37.1 Å². The third-order valence-corrected chi connectivity index (χ3v) is 4.17. The number of thioether (sulfide) groups is 1. The largest absolute Gasteiger partial charge is 0.411 e. The normalized spacial score (nSPS) is 17.8. The summed E-state index contributed by atoms with van der Waals surface area (Å²) in [4.78, 5) is 16.7. The number of pyridine rings is 1. The molecule has 0 radical (unpaired) electrons. The van der Waals surface area contributed by atoms with E-state index in [1.54, 1.807) is 6.07 Å². The molecule has 1 aromatic rings. The molecule has 1 aliphatic heterocycles. The second-order valence-corrected chi connectivity index (χ2v) is 5.73. The van der Waals surface area contributed by atoms with Gasteiger partial charge in [-0.05, 0) is 18.4 Å². The van der Waals surface area contributed by atoms with Crippen molar-refractivity contribution in [2.24, 2.45) is 0 Å². The third-order valence-electron chi connectivity index (χ3n) is 3.46. The van der Waals surface area contributed by atoms with E-state index >= 15 is 0 Å². The van der Waals surface area contributed by atoms with Crippen molar-refractivity contribution in [1.82, 2.24) is 10.3 Å². The van der Waals surface area contributed by atoms with E-state index < -0.39 is 17.7 Å². The van der Waals surface area contributed by atoms with Crippen LogP contribution in [-0.2, 0) is 4.74 Å². The summed E-state index contributed by atoms with van der Waals surface area (Å²) in [5, 5.41) is 4.38. The van der Waals surface area contributed by atoms with Gasteiger partial charge in [-0.1, -0.05) is 0 Å². The first-order valence-corrected chi connectivity index (χ1v) is 7.82. The number of carbonyl (C=O) groups is 1. The number of halogens is 3. The van der Waals surface area contributed by atoms with Gasteiger partial charge < -0.3 is 10.1 Å². The van der Waals surface area contributed by atoms with Crippen LogP contribution in [0.4, 0.5) is 23.8 Å². The van der Waals surface area contributed by atoms with Crippen LogP contribution in [0.2, 0.25) is 0 Å². The van der Waals surface area contributed by atoms with Crippen molar-refractivity contribution in [3.8, 4) is 0 Å². The number of nitrogens with one attached hydrogen (secondary N) is 2. The molecular weight excluding hydrogens is 319 g/mol. The highest BCUT2D eigenvalue weighted by molar-refractivity contribution is 7.98. The molecule has 122 valence electrons. The number of rotatable bonds is 3. The summed E-state index contributed by atoms with van der Waals surface area (Å²) in [7, 11) is 0. The highest BCUT2D eigenvalue weighted by atomic mass is 32.2. The number of alkyl halides is 3. The monoisotopic (exact) mass is 335 g/mol. The van der Waals surface area contributed by atoms with Crippen molar-refractivity contribution >= 4 is 23.6 Å². The van der Waals surface area contributed by atoms with Gasteiger partial charge in [-0.3, -0.25) is 5.32 Å². The van der Waals surface area contributed by atoms with E-state index in [9.17, 15) is 18.0 Å². The molecule has 0 aliphatic carbocycles. The first kappa shape index (κ1) is 16.9. The summed E-state index contributed by atoms with van der Waals surface area (Å²) < 4.78 is 44.8. The lowest BCUT2D eigenvalue weighted by Crippen LogP contribution is -2.62. The topological polar surface area (TPSA) is 63.2 Å². The summed E-state index contributed by atoms with van der Waals surface area (Å²) >= 11 is 1.47. The Labute approximate surface area is 130 Å². The van der Waals surface area contributed by atoms with Gasteiger partial charge in [0.25, 0.3) is 0 Å². The van der Waals surface area contributed by atoms with Crippen molar-refractivity contribution in [3.05, 3.63) is 18.3 Å². The SMILES string of the molecule is CSc1ccc(NC(=O)NC2(C(F)(F)F)CCOCC2)nc1. The first-order chi connectivity index (χ1) is 10.4. The van der Waals surface area contributed by atoms with E-state index in [0.29, 0.717) is 0 Å². The summed E-state index contributed by atoms with van der Waals surface area (Å²) in [6.07, 6.45) is -1.74. The Kier molecular flexibility index (Phi) is 5.17. The number of hydrogen-bond acceptors (Lipinski definition) is 4. The predicted molar refractivity (Wildman–Crippen MR) is 77.0 cm³/mol. The van der Waals surface area contributed by atoms with E-state index in [1.165, 1.54) is 24.0 Å². The Morgan fingerprint density at radius 3 is 2.55 bits per heavy atom. The first-order valence-electron chi connectivity index (χ1n) is 6.60. The number of amides is 2. The Hall–Kier alpha value is -1.48. The molecule has 9 heteroatoms. The van der Waals surface area contributed by atoms with E-state index in [-0.39, 0.29) is 31.9 Å². The van der Waals surface area contributed by atoms with E-state index in [2.05, 4.69) is 10.3 Å². The fraction of sp³-hybridized carbons (Fsp3) is 0.538.